The fourth-order valence-corrected chi connectivity index (χ4v) is 9.86. The van der Waals surface area contributed by atoms with Gasteiger partial charge in [-0.2, -0.15) is 0 Å². The first-order chi connectivity index (χ1) is 25.3. The molecule has 3 heterocycles. The largest absolute Gasteiger partial charge is 0.333 e. The third-order valence-electron chi connectivity index (χ3n) is 10.9. The molecule has 0 amide bonds. The van der Waals surface area contributed by atoms with E-state index in [0.717, 1.165) is 6.42 Å². The molecule has 1 aliphatic carbocycles. The molecule has 1 unspecified atom stereocenters. The highest BCUT2D eigenvalue weighted by molar-refractivity contribution is 7.26. The van der Waals surface area contributed by atoms with Gasteiger partial charge in [-0.3, -0.25) is 0 Å². The zero-order valence-electron chi connectivity index (χ0n) is 27.8. The Morgan fingerprint density at radius 2 is 1.10 bits per heavy atom. The molecular weight excluding hydrogens is 637 g/mol. The number of benzene rings is 7. The van der Waals surface area contributed by atoms with Gasteiger partial charge in [0.1, 0.15) is 0 Å². The molecule has 0 saturated heterocycles. The molecule has 0 aliphatic heterocycles. The molecule has 0 saturated carbocycles. The van der Waals surface area contributed by atoms with E-state index in [1.807, 2.05) is 11.3 Å². The lowest BCUT2D eigenvalue weighted by molar-refractivity contribution is 0.636. The Hall–Kier alpha value is -6.16. The van der Waals surface area contributed by atoms with Crippen molar-refractivity contribution in [3.63, 3.8) is 0 Å². The summed E-state index contributed by atoms with van der Waals surface area (Å²) in [5.41, 5.74) is 12.7. The highest BCUT2D eigenvalue weighted by Gasteiger charge is 2.25. The van der Waals surface area contributed by atoms with E-state index < -0.39 is 0 Å². The number of hydrogen-bond donors (Lipinski definition) is 0. The van der Waals surface area contributed by atoms with Crippen LogP contribution in [0.1, 0.15) is 17.3 Å². The van der Waals surface area contributed by atoms with Gasteiger partial charge in [-0.15, -0.1) is 11.3 Å². The van der Waals surface area contributed by atoms with E-state index in [0.29, 0.717) is 0 Å². The molecule has 51 heavy (non-hydrogen) atoms. The summed E-state index contributed by atoms with van der Waals surface area (Å²) < 4.78 is 7.69. The van der Waals surface area contributed by atoms with Crippen LogP contribution in [0.25, 0.3) is 86.9 Å². The quantitative estimate of drug-likeness (QED) is 0.177. The first-order valence-corrected chi connectivity index (χ1v) is 18.5. The fraction of sp³-hybridized carbons (Fsp3) is 0.0417. The zero-order chi connectivity index (χ0) is 33.5. The van der Waals surface area contributed by atoms with Crippen LogP contribution < -0.4 is 0 Å². The highest BCUT2D eigenvalue weighted by atomic mass is 32.1. The smallest absolute Gasteiger partial charge is 0.0567 e. The molecule has 0 radical (unpaired) electrons. The van der Waals surface area contributed by atoms with Gasteiger partial charge < -0.3 is 9.13 Å². The summed E-state index contributed by atoms with van der Waals surface area (Å²) in [5.74, 6) is 0. The van der Waals surface area contributed by atoms with Gasteiger partial charge in [-0.25, -0.2) is 0 Å². The van der Waals surface area contributed by atoms with Crippen LogP contribution in [-0.2, 0) is 6.42 Å². The van der Waals surface area contributed by atoms with Gasteiger partial charge in [0.15, 0.2) is 0 Å². The summed E-state index contributed by atoms with van der Waals surface area (Å²) in [4.78, 5) is 0. The Kier molecular flexibility index (Phi) is 6.28. The standard InChI is InChI=1S/C48H32N2S/c1-5-22-43-37(16-1)38-17-2-6-23-44(38)50(43)35-26-27-46-42(30-35)39-18-3-7-24-45(39)49(46)34-15-10-13-32(29-34)31-12-9-14-33(28-31)36-20-11-21-41-40-19-4-8-25-47(40)51-48(36)41/h1-29,35H,30H2. The molecule has 0 N–H and O–H groups in total. The summed E-state index contributed by atoms with van der Waals surface area (Å²) in [7, 11) is 0. The number of thiophene rings is 1. The third-order valence-corrected chi connectivity index (χ3v) is 12.1. The molecule has 0 spiro atoms. The van der Waals surface area contributed by atoms with Crippen molar-refractivity contribution in [1.82, 2.24) is 9.13 Å². The van der Waals surface area contributed by atoms with Crippen molar-refractivity contribution < 1.29 is 0 Å². The van der Waals surface area contributed by atoms with E-state index in [-0.39, 0.29) is 6.04 Å². The van der Waals surface area contributed by atoms with Crippen molar-refractivity contribution in [3.05, 3.63) is 181 Å². The molecule has 10 aromatic rings. The molecule has 0 fully saturated rings. The maximum atomic E-state index is 2.54. The van der Waals surface area contributed by atoms with Crippen molar-refractivity contribution in [3.8, 4) is 27.9 Å². The Balaban J connectivity index is 1.02. The van der Waals surface area contributed by atoms with Crippen molar-refractivity contribution in [2.75, 3.05) is 0 Å². The predicted molar refractivity (Wildman–Crippen MR) is 218 cm³/mol. The number of hydrogen-bond acceptors (Lipinski definition) is 1. The van der Waals surface area contributed by atoms with E-state index in [4.69, 9.17) is 0 Å². The minimum atomic E-state index is 0.223. The molecule has 3 heteroatoms. The van der Waals surface area contributed by atoms with Crippen LogP contribution in [0.15, 0.2) is 170 Å². The van der Waals surface area contributed by atoms with Crippen molar-refractivity contribution >= 4 is 70.3 Å². The maximum Gasteiger partial charge on any atom is 0.0567 e. The molecule has 2 nitrogen and oxygen atoms in total. The van der Waals surface area contributed by atoms with Crippen molar-refractivity contribution in [1.29, 1.82) is 0 Å². The topological polar surface area (TPSA) is 9.86 Å². The minimum absolute atomic E-state index is 0.223. The summed E-state index contributed by atoms with van der Waals surface area (Å²) >= 11 is 1.89. The molecule has 1 aliphatic rings. The minimum Gasteiger partial charge on any atom is -0.333 e. The normalized spacial score (nSPS) is 14.3. The van der Waals surface area contributed by atoms with Gasteiger partial charge in [0.05, 0.1) is 11.6 Å². The molecule has 240 valence electrons. The van der Waals surface area contributed by atoms with Gasteiger partial charge >= 0.3 is 0 Å². The molecule has 0 bridgehead atoms. The van der Waals surface area contributed by atoms with E-state index in [1.54, 1.807) is 0 Å². The summed E-state index contributed by atoms with van der Waals surface area (Å²) in [6.45, 7) is 0. The lowest BCUT2D eigenvalue weighted by Gasteiger charge is -2.23. The number of para-hydroxylation sites is 3. The van der Waals surface area contributed by atoms with E-state index >= 15 is 0 Å². The van der Waals surface area contributed by atoms with Crippen LogP contribution in [0, 0.1) is 0 Å². The van der Waals surface area contributed by atoms with Crippen LogP contribution in [0.4, 0.5) is 0 Å². The lowest BCUT2D eigenvalue weighted by Crippen LogP contribution is -2.13. The number of aromatic nitrogens is 2. The van der Waals surface area contributed by atoms with Crippen LogP contribution in [-0.4, -0.2) is 9.13 Å². The van der Waals surface area contributed by atoms with E-state index in [1.165, 1.54) is 92.1 Å². The van der Waals surface area contributed by atoms with Crippen LogP contribution in [0.5, 0.6) is 0 Å². The van der Waals surface area contributed by atoms with Crippen LogP contribution in [0.3, 0.4) is 0 Å². The van der Waals surface area contributed by atoms with Gasteiger partial charge in [-0.1, -0.05) is 127 Å². The van der Waals surface area contributed by atoms with Gasteiger partial charge in [0.25, 0.3) is 0 Å². The first-order valence-electron chi connectivity index (χ1n) is 17.7. The van der Waals surface area contributed by atoms with Crippen LogP contribution in [0.2, 0.25) is 0 Å². The summed E-state index contributed by atoms with van der Waals surface area (Å²) in [6, 6.07) is 60.4. The Morgan fingerprint density at radius 3 is 1.90 bits per heavy atom. The second-order valence-corrected chi connectivity index (χ2v) is 14.7. The predicted octanol–water partition coefficient (Wildman–Crippen LogP) is 13.3. The van der Waals surface area contributed by atoms with Gasteiger partial charge in [0, 0.05) is 58.7 Å². The van der Waals surface area contributed by atoms with Crippen molar-refractivity contribution in [2.24, 2.45) is 0 Å². The highest BCUT2D eigenvalue weighted by Crippen LogP contribution is 2.42. The SMILES string of the molecule is C1=CC(n2c3ccccc3c3ccccc32)Cc2c1n(-c1cccc(-c3cccc(-c4cccc5c4sc4ccccc45)c3)c1)c1ccccc21. The van der Waals surface area contributed by atoms with Gasteiger partial charge in [-0.05, 0) is 82.8 Å². The summed E-state index contributed by atoms with van der Waals surface area (Å²) in [5, 5.41) is 6.62. The Bertz CT molecular complexity index is 2970. The fourth-order valence-electron chi connectivity index (χ4n) is 8.63. The zero-order valence-corrected chi connectivity index (χ0v) is 28.6. The average Bonchev–Trinajstić information content (AvgIpc) is 3.86. The number of allylic oxidation sites excluding steroid dienone is 1. The van der Waals surface area contributed by atoms with Gasteiger partial charge in [0.2, 0.25) is 0 Å². The molecule has 3 aromatic heterocycles. The Morgan fingerprint density at radius 1 is 0.490 bits per heavy atom. The van der Waals surface area contributed by atoms with E-state index in [9.17, 15) is 0 Å². The number of nitrogens with zero attached hydrogens (tertiary/aromatic N) is 2. The third kappa shape index (κ3) is 4.35. The second-order valence-electron chi connectivity index (χ2n) is 13.7. The van der Waals surface area contributed by atoms with E-state index in [2.05, 4.69) is 185 Å². The maximum absolute atomic E-state index is 2.54. The molecule has 1 atom stereocenters. The monoisotopic (exact) mass is 668 g/mol. The lowest BCUT2D eigenvalue weighted by atomic mass is 9.96. The first kappa shape index (κ1) is 28.7. The van der Waals surface area contributed by atoms with Crippen LogP contribution >= 0.6 is 11.3 Å². The number of fused-ring (bicyclic) bond motifs is 9. The molecular formula is C48H32N2S. The molecule has 11 rings (SSSR count). The second kappa shape index (κ2) is 11.2. The number of rotatable bonds is 4. The molecule has 7 aromatic carbocycles. The average molecular weight is 669 g/mol. The summed E-state index contributed by atoms with van der Waals surface area (Å²) in [6.07, 6.45) is 5.72. The van der Waals surface area contributed by atoms with Crippen molar-refractivity contribution in [2.45, 2.75) is 12.5 Å². The Labute approximate surface area is 299 Å².